The molecule has 25 heavy (non-hydrogen) atoms. The molecule has 1 atom stereocenters. The number of carbonyl (C=O) groups is 2. The van der Waals surface area contributed by atoms with Gasteiger partial charge in [-0.05, 0) is 37.8 Å². The van der Waals surface area contributed by atoms with Crippen molar-refractivity contribution in [3.05, 3.63) is 47.0 Å². The lowest BCUT2D eigenvalue weighted by Gasteiger charge is -2.23. The van der Waals surface area contributed by atoms with Crippen LogP contribution in [-0.4, -0.2) is 34.2 Å². The maximum Gasteiger partial charge on any atom is 0.272 e. The zero-order chi connectivity index (χ0) is 17.4. The van der Waals surface area contributed by atoms with Crippen molar-refractivity contribution in [1.29, 1.82) is 0 Å². The second kappa shape index (κ2) is 6.31. The molecule has 1 aliphatic heterocycles. The number of benzene rings is 1. The van der Waals surface area contributed by atoms with Crippen molar-refractivity contribution in [1.82, 2.24) is 20.4 Å². The molecule has 1 unspecified atom stereocenters. The third-order valence-corrected chi connectivity index (χ3v) is 4.83. The summed E-state index contributed by atoms with van der Waals surface area (Å²) in [6.07, 6.45) is 3.51. The van der Waals surface area contributed by atoms with Crippen LogP contribution in [0.4, 0.5) is 4.39 Å². The summed E-state index contributed by atoms with van der Waals surface area (Å²) in [5.74, 6) is -0.605. The van der Waals surface area contributed by atoms with Crippen LogP contribution in [0.5, 0.6) is 0 Å². The Morgan fingerprint density at radius 2 is 2.12 bits per heavy atom. The lowest BCUT2D eigenvalue weighted by atomic mass is 10.1. The standard InChI is InChI=1S/C18H19FN4O2/c19-13-5-1-2-6-15(13)23-14-7-3-4-12(14)17(22-23)18(25)21-11-8-9-16(24)20-10-11/h1-2,5-6,11H,3-4,7-10H2,(H,20,24)(H,21,25). The number of para-hydroxylation sites is 1. The maximum absolute atomic E-state index is 14.2. The van der Waals surface area contributed by atoms with Crippen LogP contribution in [0.2, 0.25) is 0 Å². The van der Waals surface area contributed by atoms with Crippen LogP contribution < -0.4 is 10.6 Å². The maximum atomic E-state index is 14.2. The summed E-state index contributed by atoms with van der Waals surface area (Å²) in [4.78, 5) is 23.9. The molecule has 1 saturated heterocycles. The van der Waals surface area contributed by atoms with E-state index in [4.69, 9.17) is 0 Å². The summed E-state index contributed by atoms with van der Waals surface area (Å²) in [6.45, 7) is 0.431. The smallest absolute Gasteiger partial charge is 0.272 e. The van der Waals surface area contributed by atoms with E-state index in [9.17, 15) is 14.0 Å². The lowest BCUT2D eigenvalue weighted by Crippen LogP contribution is -2.48. The molecule has 1 aliphatic carbocycles. The molecule has 2 aromatic rings. The van der Waals surface area contributed by atoms with Crippen LogP contribution in [-0.2, 0) is 17.6 Å². The van der Waals surface area contributed by atoms with Gasteiger partial charge in [0.25, 0.3) is 5.91 Å². The second-order valence-corrected chi connectivity index (χ2v) is 6.50. The Morgan fingerprint density at radius 3 is 2.88 bits per heavy atom. The fourth-order valence-corrected chi connectivity index (χ4v) is 3.55. The Labute approximate surface area is 144 Å². The minimum atomic E-state index is -0.360. The van der Waals surface area contributed by atoms with E-state index < -0.39 is 0 Å². The largest absolute Gasteiger partial charge is 0.354 e. The van der Waals surface area contributed by atoms with Crippen LogP contribution in [0.25, 0.3) is 5.69 Å². The molecule has 0 saturated carbocycles. The Hall–Kier alpha value is -2.70. The van der Waals surface area contributed by atoms with Gasteiger partial charge in [0.15, 0.2) is 5.69 Å². The highest BCUT2D eigenvalue weighted by molar-refractivity contribution is 5.94. The van der Waals surface area contributed by atoms with Crippen molar-refractivity contribution < 1.29 is 14.0 Å². The van der Waals surface area contributed by atoms with Gasteiger partial charge in [-0.2, -0.15) is 5.10 Å². The molecule has 1 aromatic heterocycles. The molecular weight excluding hydrogens is 323 g/mol. The van der Waals surface area contributed by atoms with E-state index in [2.05, 4.69) is 15.7 Å². The minimum Gasteiger partial charge on any atom is -0.354 e. The first-order valence-corrected chi connectivity index (χ1v) is 8.56. The van der Waals surface area contributed by atoms with Crippen LogP contribution in [0.3, 0.4) is 0 Å². The number of piperidine rings is 1. The van der Waals surface area contributed by atoms with E-state index in [0.717, 1.165) is 30.5 Å². The number of carbonyl (C=O) groups excluding carboxylic acids is 2. The summed E-state index contributed by atoms with van der Waals surface area (Å²) in [6, 6.07) is 6.35. The number of fused-ring (bicyclic) bond motifs is 1. The fourth-order valence-electron chi connectivity index (χ4n) is 3.55. The number of rotatable bonds is 3. The average molecular weight is 342 g/mol. The zero-order valence-electron chi connectivity index (χ0n) is 13.7. The van der Waals surface area contributed by atoms with Crippen molar-refractivity contribution >= 4 is 11.8 Å². The van der Waals surface area contributed by atoms with Gasteiger partial charge in [0.1, 0.15) is 11.5 Å². The summed E-state index contributed by atoms with van der Waals surface area (Å²) in [5.41, 5.74) is 2.55. The van der Waals surface area contributed by atoms with Gasteiger partial charge in [-0.1, -0.05) is 12.1 Å². The first kappa shape index (κ1) is 15.8. The summed E-state index contributed by atoms with van der Waals surface area (Å²) < 4.78 is 15.7. The number of aromatic nitrogens is 2. The molecule has 2 aliphatic rings. The van der Waals surface area contributed by atoms with E-state index in [1.165, 1.54) is 6.07 Å². The quantitative estimate of drug-likeness (QED) is 0.888. The van der Waals surface area contributed by atoms with E-state index in [1.807, 2.05) is 0 Å². The van der Waals surface area contributed by atoms with Crippen molar-refractivity contribution in [3.63, 3.8) is 0 Å². The van der Waals surface area contributed by atoms with Gasteiger partial charge in [-0.3, -0.25) is 9.59 Å². The summed E-state index contributed by atoms with van der Waals surface area (Å²) in [5, 5.41) is 10.1. The molecule has 2 N–H and O–H groups in total. The molecule has 0 spiro atoms. The Balaban J connectivity index is 1.62. The van der Waals surface area contributed by atoms with Crippen LogP contribution in [0.15, 0.2) is 24.3 Å². The summed E-state index contributed by atoms with van der Waals surface area (Å²) >= 11 is 0. The highest BCUT2D eigenvalue weighted by atomic mass is 19.1. The molecule has 0 radical (unpaired) electrons. The van der Waals surface area contributed by atoms with Gasteiger partial charge in [0.05, 0.1) is 0 Å². The predicted octanol–water partition coefficient (Wildman–Crippen LogP) is 1.51. The minimum absolute atomic E-state index is 0.00946. The number of halogens is 1. The molecule has 7 heteroatoms. The normalized spacial score (nSPS) is 19.4. The van der Waals surface area contributed by atoms with Crippen molar-refractivity contribution in [2.45, 2.75) is 38.1 Å². The molecule has 0 bridgehead atoms. The fraction of sp³-hybridized carbons (Fsp3) is 0.389. The average Bonchev–Trinajstić information content (AvgIpc) is 3.20. The highest BCUT2D eigenvalue weighted by Crippen LogP contribution is 2.28. The van der Waals surface area contributed by atoms with Crippen LogP contribution in [0, 0.1) is 5.82 Å². The molecule has 1 fully saturated rings. The molecule has 2 amide bonds. The van der Waals surface area contributed by atoms with Gasteiger partial charge in [-0.15, -0.1) is 0 Å². The number of amides is 2. The number of nitrogens with zero attached hydrogens (tertiary/aromatic N) is 2. The van der Waals surface area contributed by atoms with Gasteiger partial charge >= 0.3 is 0 Å². The predicted molar refractivity (Wildman–Crippen MR) is 89.0 cm³/mol. The number of hydrogen-bond acceptors (Lipinski definition) is 3. The number of hydrogen-bond donors (Lipinski definition) is 2. The van der Waals surface area contributed by atoms with Crippen molar-refractivity contribution in [2.75, 3.05) is 6.54 Å². The molecule has 2 heterocycles. The highest BCUT2D eigenvalue weighted by Gasteiger charge is 2.29. The van der Waals surface area contributed by atoms with Gasteiger partial charge < -0.3 is 10.6 Å². The van der Waals surface area contributed by atoms with Crippen LogP contribution >= 0.6 is 0 Å². The topological polar surface area (TPSA) is 76.0 Å². The SMILES string of the molecule is O=C1CCC(NC(=O)c2nn(-c3ccccc3F)c3c2CCC3)CN1. The molecule has 1 aromatic carbocycles. The monoisotopic (exact) mass is 342 g/mol. The Bertz CT molecular complexity index is 836. The van der Waals surface area contributed by atoms with Crippen LogP contribution in [0.1, 0.15) is 41.0 Å². The van der Waals surface area contributed by atoms with Gasteiger partial charge in [0.2, 0.25) is 5.91 Å². The van der Waals surface area contributed by atoms with E-state index in [0.29, 0.717) is 30.8 Å². The third-order valence-electron chi connectivity index (χ3n) is 4.83. The molecule has 6 nitrogen and oxygen atoms in total. The Morgan fingerprint density at radius 1 is 1.28 bits per heavy atom. The number of nitrogens with one attached hydrogen (secondary N) is 2. The lowest BCUT2D eigenvalue weighted by molar-refractivity contribution is -0.122. The zero-order valence-corrected chi connectivity index (χ0v) is 13.7. The van der Waals surface area contributed by atoms with Crippen molar-refractivity contribution in [2.24, 2.45) is 0 Å². The first-order valence-electron chi connectivity index (χ1n) is 8.56. The third kappa shape index (κ3) is 2.90. The Kier molecular flexibility index (Phi) is 3.99. The van der Waals surface area contributed by atoms with Gasteiger partial charge in [0, 0.05) is 30.3 Å². The first-order chi connectivity index (χ1) is 12.1. The second-order valence-electron chi connectivity index (χ2n) is 6.50. The molecule has 130 valence electrons. The van der Waals surface area contributed by atoms with E-state index in [-0.39, 0.29) is 23.7 Å². The van der Waals surface area contributed by atoms with Gasteiger partial charge in [-0.25, -0.2) is 9.07 Å². The van der Waals surface area contributed by atoms with E-state index in [1.54, 1.807) is 22.9 Å². The summed E-state index contributed by atoms with van der Waals surface area (Å²) in [7, 11) is 0. The molecular formula is C18H19FN4O2. The van der Waals surface area contributed by atoms with E-state index >= 15 is 0 Å². The van der Waals surface area contributed by atoms with Crippen molar-refractivity contribution in [3.8, 4) is 5.69 Å². The molecule has 4 rings (SSSR count).